The normalized spacial score (nSPS) is 12.3. The molecule has 0 aliphatic carbocycles. The van der Waals surface area contributed by atoms with Crippen LogP contribution in [0.4, 0.5) is 0 Å². The number of rotatable bonds is 8. The van der Waals surface area contributed by atoms with Crippen molar-refractivity contribution < 1.29 is 12.8 Å². The third-order valence-electron chi connectivity index (χ3n) is 4.93. The maximum absolute atomic E-state index is 12.5. The van der Waals surface area contributed by atoms with E-state index in [0.717, 1.165) is 29.5 Å². The van der Waals surface area contributed by atoms with Gasteiger partial charge in [-0.05, 0) is 36.8 Å². The van der Waals surface area contributed by atoms with E-state index in [2.05, 4.69) is 21.7 Å². The summed E-state index contributed by atoms with van der Waals surface area (Å²) in [6.45, 7) is 2.90. The second-order valence-corrected chi connectivity index (χ2v) is 10.3. The number of nitrogens with zero attached hydrogens (tertiary/aromatic N) is 6. The van der Waals surface area contributed by atoms with Crippen molar-refractivity contribution in [3.05, 3.63) is 42.4 Å². The summed E-state index contributed by atoms with van der Waals surface area (Å²) in [5.41, 5.74) is 1.59. The van der Waals surface area contributed by atoms with Crippen LogP contribution in [0, 0.1) is 0 Å². The molecule has 0 amide bonds. The number of thioether (sulfide) groups is 1. The summed E-state index contributed by atoms with van der Waals surface area (Å²) in [4.78, 5) is 4.99. The minimum Gasteiger partial charge on any atom is -0.461 e. The summed E-state index contributed by atoms with van der Waals surface area (Å²) in [7, 11) is 1.43. The molecule has 0 saturated carbocycles. The molecule has 0 fully saturated rings. The molecular weight excluding hydrogens is 436 g/mol. The van der Waals surface area contributed by atoms with Gasteiger partial charge in [0.15, 0.2) is 16.7 Å². The van der Waals surface area contributed by atoms with Crippen molar-refractivity contribution in [2.75, 3.05) is 14.1 Å². The molecule has 0 N–H and O–H groups in total. The van der Waals surface area contributed by atoms with Gasteiger partial charge >= 0.3 is 0 Å². The van der Waals surface area contributed by atoms with E-state index in [4.69, 9.17) is 9.40 Å². The molecule has 31 heavy (non-hydrogen) atoms. The van der Waals surface area contributed by atoms with Gasteiger partial charge in [0.2, 0.25) is 10.0 Å². The number of aromatic nitrogens is 5. The third kappa shape index (κ3) is 4.00. The van der Waals surface area contributed by atoms with Crippen molar-refractivity contribution in [1.29, 1.82) is 0 Å². The van der Waals surface area contributed by atoms with Gasteiger partial charge in [-0.15, -0.1) is 10.2 Å². The summed E-state index contributed by atoms with van der Waals surface area (Å²) in [6, 6.07) is 8.77. The van der Waals surface area contributed by atoms with Crippen molar-refractivity contribution in [3.63, 3.8) is 0 Å². The summed E-state index contributed by atoms with van der Waals surface area (Å²) in [6.07, 6.45) is 2.54. The Bertz CT molecular complexity index is 1310. The smallest absolute Gasteiger partial charge is 0.242 e. The number of imidazole rings is 1. The van der Waals surface area contributed by atoms with E-state index in [1.807, 2.05) is 29.8 Å². The van der Waals surface area contributed by atoms with Crippen LogP contribution < -0.4 is 0 Å². The molecule has 0 bridgehead atoms. The van der Waals surface area contributed by atoms with E-state index in [1.54, 1.807) is 18.4 Å². The van der Waals surface area contributed by atoms with Crippen molar-refractivity contribution in [2.45, 2.75) is 35.7 Å². The van der Waals surface area contributed by atoms with Gasteiger partial charge in [0.1, 0.15) is 5.82 Å². The molecule has 3 aromatic heterocycles. The van der Waals surface area contributed by atoms with E-state index < -0.39 is 10.0 Å². The Morgan fingerprint density at radius 1 is 1.19 bits per heavy atom. The van der Waals surface area contributed by atoms with Crippen LogP contribution in [0.15, 0.2) is 51.1 Å². The maximum Gasteiger partial charge on any atom is 0.242 e. The molecule has 9 nitrogen and oxygen atoms in total. The van der Waals surface area contributed by atoms with Gasteiger partial charge in [-0.2, -0.15) is 0 Å². The second kappa shape index (κ2) is 8.48. The highest BCUT2D eigenvalue weighted by Gasteiger charge is 2.20. The van der Waals surface area contributed by atoms with Gasteiger partial charge in [-0.1, -0.05) is 18.7 Å². The highest BCUT2D eigenvalue weighted by atomic mass is 32.2. The molecule has 4 rings (SSSR count). The molecule has 4 aromatic rings. The lowest BCUT2D eigenvalue weighted by molar-refractivity contribution is 0.521. The van der Waals surface area contributed by atoms with E-state index in [-0.39, 0.29) is 4.90 Å². The number of benzene rings is 1. The van der Waals surface area contributed by atoms with E-state index in [9.17, 15) is 8.42 Å². The third-order valence-corrected chi connectivity index (χ3v) is 7.76. The molecule has 0 unspecified atom stereocenters. The second-order valence-electron chi connectivity index (χ2n) is 7.25. The summed E-state index contributed by atoms with van der Waals surface area (Å²) < 4.78 is 35.7. The Morgan fingerprint density at radius 3 is 2.68 bits per heavy atom. The Balaban J connectivity index is 1.65. The molecular formula is C20H24N6O3S2. The number of furan rings is 1. The van der Waals surface area contributed by atoms with Crippen LogP contribution in [0.3, 0.4) is 0 Å². The predicted molar refractivity (Wildman–Crippen MR) is 119 cm³/mol. The SMILES string of the molecule is CCCn1c(CSc2nnc(-c3ccco3)n2C)nc2cc(S(=O)(=O)N(C)C)ccc21. The lowest BCUT2D eigenvalue weighted by Gasteiger charge is -2.11. The van der Waals surface area contributed by atoms with Gasteiger partial charge in [0.05, 0.1) is 27.9 Å². The standard InChI is InChI=1S/C20H24N6O3S2/c1-5-10-26-16-9-8-14(31(27,28)24(2)3)12-15(16)21-18(26)13-30-20-23-22-19(25(20)4)17-7-6-11-29-17/h6-9,11-12H,5,10,13H2,1-4H3. The topological polar surface area (TPSA) is 99.0 Å². The van der Waals surface area contributed by atoms with Crippen LogP contribution in [0.1, 0.15) is 19.2 Å². The van der Waals surface area contributed by atoms with Crippen LogP contribution >= 0.6 is 11.8 Å². The van der Waals surface area contributed by atoms with Gasteiger partial charge in [-0.3, -0.25) is 0 Å². The number of sulfonamides is 1. The Labute approximate surface area is 185 Å². The van der Waals surface area contributed by atoms with Crippen LogP contribution in [0.2, 0.25) is 0 Å². The molecule has 164 valence electrons. The van der Waals surface area contributed by atoms with Crippen LogP contribution in [0.5, 0.6) is 0 Å². The first-order valence-corrected chi connectivity index (χ1v) is 12.2. The molecule has 0 radical (unpaired) electrons. The number of hydrogen-bond acceptors (Lipinski definition) is 7. The van der Waals surface area contributed by atoms with Crippen molar-refractivity contribution in [2.24, 2.45) is 7.05 Å². The zero-order valence-electron chi connectivity index (χ0n) is 17.8. The maximum atomic E-state index is 12.5. The average Bonchev–Trinajstić information content (AvgIpc) is 3.46. The summed E-state index contributed by atoms with van der Waals surface area (Å²) >= 11 is 1.53. The molecule has 11 heteroatoms. The van der Waals surface area contributed by atoms with Gasteiger partial charge < -0.3 is 13.6 Å². The first kappa shape index (κ1) is 21.6. The van der Waals surface area contributed by atoms with E-state index in [0.29, 0.717) is 22.9 Å². The Morgan fingerprint density at radius 2 is 2.00 bits per heavy atom. The first-order chi connectivity index (χ1) is 14.8. The average molecular weight is 461 g/mol. The number of hydrogen-bond donors (Lipinski definition) is 0. The summed E-state index contributed by atoms with van der Waals surface area (Å²) in [5.74, 6) is 2.76. The first-order valence-electron chi connectivity index (χ1n) is 9.80. The van der Waals surface area contributed by atoms with Crippen LogP contribution in [-0.4, -0.2) is 51.1 Å². The molecule has 0 atom stereocenters. The van der Waals surface area contributed by atoms with Gasteiger partial charge in [0.25, 0.3) is 0 Å². The fourth-order valence-corrected chi connectivity index (χ4v) is 5.08. The molecule has 0 aliphatic heterocycles. The van der Waals surface area contributed by atoms with Crippen molar-refractivity contribution >= 4 is 32.8 Å². The van der Waals surface area contributed by atoms with Crippen molar-refractivity contribution in [1.82, 2.24) is 28.6 Å². The zero-order chi connectivity index (χ0) is 22.2. The monoisotopic (exact) mass is 460 g/mol. The van der Waals surface area contributed by atoms with Crippen LogP contribution in [-0.2, 0) is 29.4 Å². The van der Waals surface area contributed by atoms with Crippen molar-refractivity contribution in [3.8, 4) is 11.6 Å². The number of fused-ring (bicyclic) bond motifs is 1. The fourth-order valence-electron chi connectivity index (χ4n) is 3.30. The van der Waals surface area contributed by atoms with Crippen LogP contribution in [0.25, 0.3) is 22.6 Å². The van der Waals surface area contributed by atoms with Gasteiger partial charge in [-0.25, -0.2) is 17.7 Å². The zero-order valence-corrected chi connectivity index (χ0v) is 19.4. The minimum atomic E-state index is -3.52. The lowest BCUT2D eigenvalue weighted by Crippen LogP contribution is -2.22. The molecule has 0 spiro atoms. The molecule has 0 aliphatic rings. The molecule has 1 aromatic carbocycles. The van der Waals surface area contributed by atoms with E-state index >= 15 is 0 Å². The Kier molecular flexibility index (Phi) is 5.91. The number of aryl methyl sites for hydroxylation is 1. The lowest BCUT2D eigenvalue weighted by atomic mass is 10.3. The predicted octanol–water partition coefficient (Wildman–Crippen LogP) is 3.38. The highest BCUT2D eigenvalue weighted by Crippen LogP contribution is 2.28. The molecule has 3 heterocycles. The largest absolute Gasteiger partial charge is 0.461 e. The minimum absolute atomic E-state index is 0.238. The Hall–Kier alpha value is -2.63. The fraction of sp³-hybridized carbons (Fsp3) is 0.350. The van der Waals surface area contributed by atoms with Gasteiger partial charge in [0, 0.05) is 27.7 Å². The highest BCUT2D eigenvalue weighted by molar-refractivity contribution is 7.98. The van der Waals surface area contributed by atoms with E-state index in [1.165, 1.54) is 30.2 Å². The molecule has 0 saturated heterocycles. The quantitative estimate of drug-likeness (QED) is 0.372. The summed E-state index contributed by atoms with van der Waals surface area (Å²) in [5, 5.41) is 9.25.